The molecule has 0 saturated carbocycles. The lowest BCUT2D eigenvalue weighted by Gasteiger charge is -2.32. The maximum absolute atomic E-state index is 12.2. The van der Waals surface area contributed by atoms with E-state index in [0.29, 0.717) is 12.8 Å². The SMILES string of the molecule is O=C(O)CCC1(CCC(=O)O)c2ccc(-c3ccc4ccc5cccc6ccc3c4c56)cc2-c2cc(-c3ccc4ccc5cccc6ccc3c4c56)ccc21. The zero-order valence-electron chi connectivity index (χ0n) is 29.9. The Morgan fingerprint density at radius 3 is 1.16 bits per heavy atom. The zero-order valence-corrected chi connectivity index (χ0v) is 29.9. The molecular weight excluding hydrogens is 677 g/mol. The van der Waals surface area contributed by atoms with Gasteiger partial charge in [-0.1, -0.05) is 133 Å². The Bertz CT molecular complexity index is 2980. The third-order valence-corrected chi connectivity index (χ3v) is 12.6. The summed E-state index contributed by atoms with van der Waals surface area (Å²) in [4.78, 5) is 24.3. The van der Waals surface area contributed by atoms with Crippen LogP contribution >= 0.6 is 0 Å². The van der Waals surface area contributed by atoms with Crippen LogP contribution in [0.25, 0.3) is 98.0 Å². The molecule has 2 N–H and O–H groups in total. The summed E-state index contributed by atoms with van der Waals surface area (Å²) >= 11 is 0. The number of aliphatic carboxylic acids is 2. The van der Waals surface area contributed by atoms with Crippen molar-refractivity contribution < 1.29 is 19.8 Å². The number of carboxylic acids is 2. The molecule has 0 bridgehead atoms. The lowest BCUT2D eigenvalue weighted by molar-refractivity contribution is -0.137. The Hall–Kier alpha value is -6.78. The lowest BCUT2D eigenvalue weighted by atomic mass is 9.71. The minimum Gasteiger partial charge on any atom is -0.481 e. The van der Waals surface area contributed by atoms with Gasteiger partial charge in [-0.2, -0.15) is 0 Å². The van der Waals surface area contributed by atoms with Crippen molar-refractivity contribution in [1.82, 2.24) is 0 Å². The Balaban J connectivity index is 1.15. The van der Waals surface area contributed by atoms with Crippen LogP contribution in [0.3, 0.4) is 0 Å². The van der Waals surface area contributed by atoms with E-state index >= 15 is 0 Å². The summed E-state index contributed by atoms with van der Waals surface area (Å²) in [6.45, 7) is 0. The van der Waals surface area contributed by atoms with Gasteiger partial charge < -0.3 is 10.2 Å². The van der Waals surface area contributed by atoms with E-state index in [1.165, 1.54) is 64.6 Å². The van der Waals surface area contributed by atoms with Gasteiger partial charge in [-0.05, 0) is 134 Å². The minimum absolute atomic E-state index is 0.0634. The van der Waals surface area contributed by atoms with E-state index in [4.69, 9.17) is 0 Å². The van der Waals surface area contributed by atoms with Crippen LogP contribution in [0.15, 0.2) is 146 Å². The van der Waals surface area contributed by atoms with E-state index in [0.717, 1.165) is 44.5 Å². The molecule has 0 aromatic heterocycles. The van der Waals surface area contributed by atoms with Gasteiger partial charge in [0.15, 0.2) is 0 Å². The normalized spacial score (nSPS) is 13.5. The van der Waals surface area contributed by atoms with Crippen LogP contribution < -0.4 is 0 Å². The quantitative estimate of drug-likeness (QED) is 0.154. The van der Waals surface area contributed by atoms with Crippen molar-refractivity contribution in [1.29, 1.82) is 0 Å². The van der Waals surface area contributed by atoms with Crippen molar-refractivity contribution in [2.75, 3.05) is 0 Å². The predicted octanol–water partition coefficient (Wildman–Crippen LogP) is 12.8. The van der Waals surface area contributed by atoms with E-state index in [1.54, 1.807) is 0 Å². The summed E-state index contributed by atoms with van der Waals surface area (Å²) in [5.74, 6) is -1.78. The molecule has 0 radical (unpaired) electrons. The minimum atomic E-state index is -0.889. The summed E-state index contributed by atoms with van der Waals surface area (Å²) in [6, 6.07) is 52.5. The fraction of sp³-hybridized carbons (Fsp3) is 0.0980. The van der Waals surface area contributed by atoms with E-state index < -0.39 is 17.4 Å². The summed E-state index contributed by atoms with van der Waals surface area (Å²) < 4.78 is 0. The highest BCUT2D eigenvalue weighted by molar-refractivity contribution is 6.26. The second kappa shape index (κ2) is 11.6. The lowest BCUT2D eigenvalue weighted by Crippen LogP contribution is -2.27. The van der Waals surface area contributed by atoms with E-state index in [9.17, 15) is 19.8 Å². The highest BCUT2D eigenvalue weighted by Crippen LogP contribution is 2.56. The number of benzene rings is 10. The van der Waals surface area contributed by atoms with Crippen LogP contribution in [0.2, 0.25) is 0 Å². The van der Waals surface area contributed by atoms with Crippen molar-refractivity contribution in [3.63, 3.8) is 0 Å². The van der Waals surface area contributed by atoms with Crippen LogP contribution in [-0.2, 0) is 15.0 Å². The van der Waals surface area contributed by atoms with Gasteiger partial charge in [0, 0.05) is 18.3 Å². The van der Waals surface area contributed by atoms with Crippen LogP contribution in [0.5, 0.6) is 0 Å². The third kappa shape index (κ3) is 4.58. The van der Waals surface area contributed by atoms with E-state index in [2.05, 4.69) is 146 Å². The highest BCUT2D eigenvalue weighted by atomic mass is 16.4. The highest BCUT2D eigenvalue weighted by Gasteiger charge is 2.43. The molecule has 0 fully saturated rings. The molecule has 4 heteroatoms. The van der Waals surface area contributed by atoms with Gasteiger partial charge in [0.25, 0.3) is 0 Å². The average molecular weight is 711 g/mol. The largest absolute Gasteiger partial charge is 0.481 e. The van der Waals surface area contributed by atoms with Crippen LogP contribution in [0, 0.1) is 0 Å². The average Bonchev–Trinajstić information content (AvgIpc) is 3.48. The molecule has 0 aliphatic heterocycles. The molecule has 4 nitrogen and oxygen atoms in total. The zero-order chi connectivity index (χ0) is 37.0. The molecule has 0 spiro atoms. The molecule has 0 saturated heterocycles. The summed E-state index contributed by atoms with van der Waals surface area (Å²) in [6.07, 6.45) is 0.496. The van der Waals surface area contributed by atoms with Gasteiger partial charge in [0.05, 0.1) is 0 Å². The van der Waals surface area contributed by atoms with Gasteiger partial charge in [-0.15, -0.1) is 0 Å². The Morgan fingerprint density at radius 1 is 0.400 bits per heavy atom. The smallest absolute Gasteiger partial charge is 0.303 e. The fourth-order valence-electron chi connectivity index (χ4n) is 10.1. The molecule has 262 valence electrons. The van der Waals surface area contributed by atoms with Gasteiger partial charge >= 0.3 is 11.9 Å². The number of carboxylic acid groups (broad SMARTS) is 2. The number of rotatable bonds is 8. The summed E-state index contributed by atoms with van der Waals surface area (Å²) in [5.41, 5.74) is 7.72. The molecule has 10 aromatic rings. The molecule has 0 heterocycles. The monoisotopic (exact) mass is 710 g/mol. The van der Waals surface area contributed by atoms with Gasteiger partial charge in [-0.3, -0.25) is 9.59 Å². The summed E-state index contributed by atoms with van der Waals surface area (Å²) in [5, 5.41) is 34.6. The Kier molecular flexibility index (Phi) is 6.69. The first-order valence-electron chi connectivity index (χ1n) is 18.9. The molecule has 10 aromatic carbocycles. The predicted molar refractivity (Wildman–Crippen MR) is 225 cm³/mol. The summed E-state index contributed by atoms with van der Waals surface area (Å²) in [7, 11) is 0. The molecule has 1 aliphatic carbocycles. The van der Waals surface area contributed by atoms with Crippen molar-refractivity contribution in [2.24, 2.45) is 0 Å². The number of hydrogen-bond donors (Lipinski definition) is 2. The van der Waals surface area contributed by atoms with Gasteiger partial charge in [-0.25, -0.2) is 0 Å². The number of fused-ring (bicyclic) bond motifs is 3. The van der Waals surface area contributed by atoms with Crippen molar-refractivity contribution >= 4 is 76.6 Å². The van der Waals surface area contributed by atoms with Crippen LogP contribution in [0.4, 0.5) is 0 Å². The molecule has 11 rings (SSSR count). The van der Waals surface area contributed by atoms with Crippen LogP contribution in [-0.4, -0.2) is 22.2 Å². The maximum atomic E-state index is 12.2. The molecular formula is C51H34O4. The second-order valence-electron chi connectivity index (χ2n) is 15.3. The number of carbonyl (C=O) groups is 2. The second-order valence-corrected chi connectivity index (χ2v) is 15.3. The Morgan fingerprint density at radius 2 is 0.764 bits per heavy atom. The van der Waals surface area contributed by atoms with Crippen molar-refractivity contribution in [3.8, 4) is 33.4 Å². The van der Waals surface area contributed by atoms with Gasteiger partial charge in [0.2, 0.25) is 0 Å². The first-order valence-corrected chi connectivity index (χ1v) is 18.9. The van der Waals surface area contributed by atoms with Crippen molar-refractivity contribution in [2.45, 2.75) is 31.1 Å². The van der Waals surface area contributed by atoms with Gasteiger partial charge in [0.1, 0.15) is 0 Å². The fourth-order valence-corrected chi connectivity index (χ4v) is 10.1. The van der Waals surface area contributed by atoms with Crippen LogP contribution in [0.1, 0.15) is 36.8 Å². The first-order chi connectivity index (χ1) is 26.9. The first kappa shape index (κ1) is 31.7. The Labute approximate surface area is 316 Å². The molecule has 0 amide bonds. The standard InChI is InChI=1S/C51H34O4/c52-45(53)23-25-51(26-24-46(54)55)43-21-15-35(37-17-11-33-9-7-29-3-1-5-31-13-19-39(37)49(33)47(29)31)27-41(43)42-28-36(16-22-44(42)51)38-18-12-34-10-8-30-4-2-6-32-14-20-40(38)50(34)48(30)32/h1-22,27-28H,23-26H2,(H,52,53)(H,54,55). The molecule has 55 heavy (non-hydrogen) atoms. The molecule has 0 unspecified atom stereocenters. The third-order valence-electron chi connectivity index (χ3n) is 12.6. The van der Waals surface area contributed by atoms with Crippen molar-refractivity contribution in [3.05, 3.63) is 157 Å². The topological polar surface area (TPSA) is 74.6 Å². The maximum Gasteiger partial charge on any atom is 0.303 e. The molecule has 1 aliphatic rings. The molecule has 0 atom stereocenters. The van der Waals surface area contributed by atoms with E-state index in [1.807, 2.05) is 0 Å². The van der Waals surface area contributed by atoms with E-state index in [-0.39, 0.29) is 12.8 Å². The number of hydrogen-bond acceptors (Lipinski definition) is 2.